The third-order valence-electron chi connectivity index (χ3n) is 3.62. The van der Waals surface area contributed by atoms with Crippen molar-refractivity contribution in [3.8, 4) is 5.75 Å². The second-order valence-corrected chi connectivity index (χ2v) is 4.76. The molecule has 0 saturated carbocycles. The summed E-state index contributed by atoms with van der Waals surface area (Å²) in [4.78, 5) is 27.3. The second-order valence-electron chi connectivity index (χ2n) is 4.76. The summed E-state index contributed by atoms with van der Waals surface area (Å²) >= 11 is 0. The molecule has 116 valence electrons. The zero-order valence-electron chi connectivity index (χ0n) is 12.4. The zero-order chi connectivity index (χ0) is 16.6. The largest absolute Gasteiger partial charge is 0.490 e. The molecular formula is C16H12N2O5. The van der Waals surface area contributed by atoms with Crippen LogP contribution in [-0.4, -0.2) is 30.1 Å². The molecule has 0 N–H and O–H groups in total. The van der Waals surface area contributed by atoms with Gasteiger partial charge in [-0.15, -0.1) is 0 Å². The number of ether oxygens (including phenoxy) is 2. The van der Waals surface area contributed by atoms with Crippen molar-refractivity contribution >= 4 is 33.3 Å². The Kier molecular flexibility index (Phi) is 3.53. The van der Waals surface area contributed by atoms with Crippen LogP contribution in [0.2, 0.25) is 0 Å². The molecule has 2 aromatic carbocycles. The molecule has 3 rings (SSSR count). The van der Waals surface area contributed by atoms with E-state index in [4.69, 9.17) is 9.47 Å². The first kappa shape index (κ1) is 14.7. The van der Waals surface area contributed by atoms with Gasteiger partial charge in [-0.1, -0.05) is 24.3 Å². The van der Waals surface area contributed by atoms with E-state index in [1.165, 1.54) is 26.5 Å². The van der Waals surface area contributed by atoms with Gasteiger partial charge < -0.3 is 9.47 Å². The molecule has 23 heavy (non-hydrogen) atoms. The molecule has 3 aromatic rings. The van der Waals surface area contributed by atoms with E-state index in [1.54, 1.807) is 24.3 Å². The predicted molar refractivity (Wildman–Crippen MR) is 83.8 cm³/mol. The van der Waals surface area contributed by atoms with Gasteiger partial charge in [-0.05, 0) is 6.07 Å². The smallest absolute Gasteiger partial charge is 0.338 e. The van der Waals surface area contributed by atoms with Crippen molar-refractivity contribution in [2.24, 2.45) is 0 Å². The number of nitro benzene ring substituents is 1. The fourth-order valence-electron chi connectivity index (χ4n) is 2.70. The van der Waals surface area contributed by atoms with Crippen LogP contribution in [0.4, 0.5) is 5.69 Å². The van der Waals surface area contributed by atoms with Gasteiger partial charge in [0.1, 0.15) is 0 Å². The number of aromatic nitrogens is 1. The number of benzene rings is 2. The third-order valence-corrected chi connectivity index (χ3v) is 3.62. The standard InChI is InChI=1S/C16H12N2O5/c1-22-15-10-6-4-3-5-9(10)13-12(14(15)18(20)21)11(7-8-17-13)16(19)23-2/h3-8H,1-2H3. The summed E-state index contributed by atoms with van der Waals surface area (Å²) in [5.41, 5.74) is 0.138. The molecule has 7 nitrogen and oxygen atoms in total. The third kappa shape index (κ3) is 2.13. The summed E-state index contributed by atoms with van der Waals surface area (Å²) in [7, 11) is 2.58. The number of fused-ring (bicyclic) bond motifs is 3. The first-order chi connectivity index (χ1) is 11.1. The molecule has 0 spiro atoms. The lowest BCUT2D eigenvalue weighted by molar-refractivity contribution is -0.383. The molecule has 0 unspecified atom stereocenters. The predicted octanol–water partition coefficient (Wildman–Crippen LogP) is 3.09. The number of carbonyl (C=O) groups excluding carboxylic acids is 1. The van der Waals surface area contributed by atoms with Crippen LogP contribution in [0.25, 0.3) is 21.7 Å². The summed E-state index contributed by atoms with van der Waals surface area (Å²) in [5, 5.41) is 13.0. The average Bonchev–Trinajstić information content (AvgIpc) is 2.58. The lowest BCUT2D eigenvalue weighted by atomic mass is 9.99. The van der Waals surface area contributed by atoms with Crippen molar-refractivity contribution in [1.29, 1.82) is 0 Å². The molecule has 0 saturated heterocycles. The lowest BCUT2D eigenvalue weighted by Crippen LogP contribution is -2.06. The minimum absolute atomic E-state index is 0.0771. The van der Waals surface area contributed by atoms with Crippen LogP contribution in [0.15, 0.2) is 36.5 Å². The maximum absolute atomic E-state index is 12.0. The molecule has 0 aliphatic rings. The monoisotopic (exact) mass is 312 g/mol. The number of pyridine rings is 1. The summed E-state index contributed by atoms with van der Waals surface area (Å²) in [5.74, 6) is -0.575. The van der Waals surface area contributed by atoms with E-state index in [-0.39, 0.29) is 22.4 Å². The van der Waals surface area contributed by atoms with Gasteiger partial charge in [0, 0.05) is 17.0 Å². The highest BCUT2D eigenvalue weighted by atomic mass is 16.6. The van der Waals surface area contributed by atoms with E-state index in [1.807, 2.05) is 0 Å². The maximum atomic E-state index is 12.0. The van der Waals surface area contributed by atoms with Gasteiger partial charge >= 0.3 is 11.7 Å². The molecule has 0 atom stereocenters. The second kappa shape index (κ2) is 5.53. The Morgan fingerprint density at radius 2 is 1.87 bits per heavy atom. The Morgan fingerprint density at radius 3 is 2.48 bits per heavy atom. The Balaban J connectivity index is 2.65. The van der Waals surface area contributed by atoms with Crippen molar-refractivity contribution in [2.45, 2.75) is 0 Å². The van der Waals surface area contributed by atoms with E-state index in [2.05, 4.69) is 4.98 Å². The minimum atomic E-state index is -0.669. The number of rotatable bonds is 3. The lowest BCUT2D eigenvalue weighted by Gasteiger charge is -2.12. The first-order valence-corrected chi connectivity index (χ1v) is 6.70. The number of nitrogens with zero attached hydrogens (tertiary/aromatic N) is 2. The molecule has 0 radical (unpaired) electrons. The molecule has 0 aliphatic heterocycles. The molecule has 1 aromatic heterocycles. The molecule has 0 amide bonds. The molecule has 7 heteroatoms. The van der Waals surface area contributed by atoms with E-state index in [0.717, 1.165) is 0 Å². The van der Waals surface area contributed by atoms with Crippen molar-refractivity contribution in [3.63, 3.8) is 0 Å². The summed E-state index contributed by atoms with van der Waals surface area (Å²) in [6.07, 6.45) is 1.43. The Hall–Kier alpha value is -3.22. The number of hydrogen-bond acceptors (Lipinski definition) is 6. The zero-order valence-corrected chi connectivity index (χ0v) is 12.4. The highest BCUT2D eigenvalue weighted by molar-refractivity contribution is 6.19. The van der Waals surface area contributed by atoms with Crippen molar-refractivity contribution in [2.75, 3.05) is 14.2 Å². The average molecular weight is 312 g/mol. The fraction of sp³-hybridized carbons (Fsp3) is 0.125. The summed E-state index contributed by atoms with van der Waals surface area (Å²) in [6.45, 7) is 0. The topological polar surface area (TPSA) is 91.6 Å². The Labute approximate surface area is 130 Å². The SMILES string of the molecule is COC(=O)c1ccnc2c1c([N+](=O)[O-])c(OC)c1ccccc12. The van der Waals surface area contributed by atoms with Crippen LogP contribution in [-0.2, 0) is 4.74 Å². The van der Waals surface area contributed by atoms with Crippen LogP contribution < -0.4 is 4.74 Å². The fourth-order valence-corrected chi connectivity index (χ4v) is 2.70. The number of hydrogen-bond donors (Lipinski definition) is 0. The Morgan fingerprint density at radius 1 is 1.17 bits per heavy atom. The van der Waals surface area contributed by atoms with Crippen molar-refractivity contribution < 1.29 is 19.2 Å². The van der Waals surface area contributed by atoms with E-state index in [0.29, 0.717) is 16.3 Å². The summed E-state index contributed by atoms with van der Waals surface area (Å²) in [6, 6.07) is 8.44. The highest BCUT2D eigenvalue weighted by Crippen LogP contribution is 2.43. The number of carbonyl (C=O) groups is 1. The molecule has 0 fully saturated rings. The molecular weight excluding hydrogens is 300 g/mol. The first-order valence-electron chi connectivity index (χ1n) is 6.70. The van der Waals surface area contributed by atoms with Gasteiger partial charge in [-0.2, -0.15) is 0 Å². The highest BCUT2D eigenvalue weighted by Gasteiger charge is 2.28. The minimum Gasteiger partial charge on any atom is -0.490 e. The quantitative estimate of drug-likeness (QED) is 0.319. The van der Waals surface area contributed by atoms with Gasteiger partial charge in [0.2, 0.25) is 5.75 Å². The van der Waals surface area contributed by atoms with Crippen LogP contribution in [0.1, 0.15) is 10.4 Å². The van der Waals surface area contributed by atoms with Gasteiger partial charge in [-0.25, -0.2) is 4.79 Å². The molecule has 0 bridgehead atoms. The summed E-state index contributed by atoms with van der Waals surface area (Å²) < 4.78 is 10.0. The van der Waals surface area contributed by atoms with Crippen LogP contribution in [0.5, 0.6) is 5.75 Å². The van der Waals surface area contributed by atoms with E-state index >= 15 is 0 Å². The normalized spacial score (nSPS) is 10.7. The van der Waals surface area contributed by atoms with Gasteiger partial charge in [0.05, 0.1) is 35.6 Å². The number of esters is 1. The van der Waals surface area contributed by atoms with Crippen molar-refractivity contribution in [3.05, 3.63) is 52.2 Å². The van der Waals surface area contributed by atoms with E-state index < -0.39 is 10.9 Å². The molecule has 1 heterocycles. The number of nitro groups is 1. The van der Waals surface area contributed by atoms with Crippen LogP contribution in [0, 0.1) is 10.1 Å². The van der Waals surface area contributed by atoms with Gasteiger partial charge in [-0.3, -0.25) is 15.1 Å². The number of methoxy groups -OCH3 is 2. The molecule has 0 aliphatic carbocycles. The van der Waals surface area contributed by atoms with Crippen LogP contribution >= 0.6 is 0 Å². The van der Waals surface area contributed by atoms with Crippen molar-refractivity contribution in [1.82, 2.24) is 4.98 Å². The van der Waals surface area contributed by atoms with Gasteiger partial charge in [0.25, 0.3) is 0 Å². The van der Waals surface area contributed by atoms with Crippen LogP contribution in [0.3, 0.4) is 0 Å². The van der Waals surface area contributed by atoms with Gasteiger partial charge in [0.15, 0.2) is 0 Å². The maximum Gasteiger partial charge on any atom is 0.338 e. The van der Waals surface area contributed by atoms with E-state index in [9.17, 15) is 14.9 Å². The Bertz CT molecular complexity index is 952.